The molecule has 1 aromatic rings. The van der Waals surface area contributed by atoms with E-state index >= 15 is 0 Å². The molecule has 306 valence electrons. The molecule has 3 N–H and O–H groups in total. The molecule has 7 atom stereocenters. The minimum Gasteiger partial charge on any atom is -0.444 e. The van der Waals surface area contributed by atoms with Gasteiger partial charge < -0.3 is 34.6 Å². The predicted octanol–water partition coefficient (Wildman–Crippen LogP) is 5.78. The summed E-state index contributed by atoms with van der Waals surface area (Å²) in [7, 11) is 4.63. The maximum Gasteiger partial charge on any atom is 0.471 e. The third-order valence-corrected chi connectivity index (χ3v) is 10.3. The quantitative estimate of drug-likeness (QED) is 0.167. The van der Waals surface area contributed by atoms with Gasteiger partial charge in [0.25, 0.3) is 0 Å². The monoisotopic (exact) mass is 789 g/mol. The van der Waals surface area contributed by atoms with Crippen molar-refractivity contribution in [3.8, 4) is 0 Å². The summed E-state index contributed by atoms with van der Waals surface area (Å²) in [5.41, 5.74) is -0.800. The normalized spacial score (nSPS) is 18.2. The van der Waals surface area contributed by atoms with Crippen molar-refractivity contribution in [3.63, 3.8) is 0 Å². The molecule has 5 amide bonds. The van der Waals surface area contributed by atoms with Gasteiger partial charge >= 0.3 is 18.2 Å². The molecule has 1 aliphatic heterocycles. The van der Waals surface area contributed by atoms with Gasteiger partial charge in [-0.15, -0.1) is 0 Å². The summed E-state index contributed by atoms with van der Waals surface area (Å²) in [6.07, 6.45) is -5.16. The Labute approximate surface area is 321 Å². The van der Waals surface area contributed by atoms with Crippen LogP contribution in [0.15, 0.2) is 29.2 Å². The number of anilines is 1. The second-order valence-corrected chi connectivity index (χ2v) is 15.9. The van der Waals surface area contributed by atoms with Crippen LogP contribution in [0, 0.1) is 17.8 Å². The first-order valence-electron chi connectivity index (χ1n) is 18.1. The number of nitrogens with one attached hydrogen (secondary N) is 3. The van der Waals surface area contributed by atoms with E-state index < -0.39 is 60.0 Å². The Morgan fingerprint density at radius 2 is 1.61 bits per heavy atom. The van der Waals surface area contributed by atoms with Crippen molar-refractivity contribution in [3.05, 3.63) is 24.3 Å². The molecule has 17 heteroatoms. The molecule has 54 heavy (non-hydrogen) atoms. The summed E-state index contributed by atoms with van der Waals surface area (Å²) in [5, 5.41) is 4.49. The molecule has 2 rings (SSSR count). The first-order chi connectivity index (χ1) is 25.1. The van der Waals surface area contributed by atoms with Crippen LogP contribution in [0.1, 0.15) is 81.1 Å². The second kappa shape index (κ2) is 20.4. The van der Waals surface area contributed by atoms with Crippen LogP contribution >= 0.6 is 11.9 Å². The van der Waals surface area contributed by atoms with Gasteiger partial charge in [0.15, 0.2) is 0 Å². The van der Waals surface area contributed by atoms with Gasteiger partial charge in [0.05, 0.1) is 36.6 Å². The highest BCUT2D eigenvalue weighted by Crippen LogP contribution is 2.30. The van der Waals surface area contributed by atoms with Crippen molar-refractivity contribution in [1.29, 1.82) is 0 Å². The Kier molecular flexibility index (Phi) is 17.6. The number of carbonyl (C=O) groups excluding carboxylic acids is 5. The van der Waals surface area contributed by atoms with Crippen LogP contribution < -0.4 is 15.4 Å². The van der Waals surface area contributed by atoms with E-state index in [0.717, 1.165) is 11.9 Å². The molecule has 13 nitrogen and oxygen atoms in total. The maximum absolute atomic E-state index is 14.0. The molecule has 0 bridgehead atoms. The van der Waals surface area contributed by atoms with Crippen molar-refractivity contribution in [2.24, 2.45) is 17.8 Å². The summed E-state index contributed by atoms with van der Waals surface area (Å²) < 4.78 is 57.6. The molecule has 0 spiro atoms. The summed E-state index contributed by atoms with van der Waals surface area (Å²) >= 11 is 0.951. The highest BCUT2D eigenvalue weighted by molar-refractivity contribution is 7.98. The van der Waals surface area contributed by atoms with Gasteiger partial charge in [0, 0.05) is 38.4 Å². The van der Waals surface area contributed by atoms with Gasteiger partial charge in [-0.25, -0.2) is 4.79 Å². The van der Waals surface area contributed by atoms with Crippen LogP contribution in [0.4, 0.5) is 23.7 Å². The summed E-state index contributed by atoms with van der Waals surface area (Å²) in [5.74, 6) is -4.07. The number of alkyl halides is 3. The lowest BCUT2D eigenvalue weighted by Gasteiger charge is -2.40. The van der Waals surface area contributed by atoms with Gasteiger partial charge in [0.2, 0.25) is 17.7 Å². The van der Waals surface area contributed by atoms with Crippen LogP contribution in [-0.2, 0) is 33.4 Å². The molecule has 1 aliphatic rings. The second-order valence-electron chi connectivity index (χ2n) is 15.0. The van der Waals surface area contributed by atoms with Gasteiger partial charge in [-0.2, -0.15) is 13.2 Å². The minimum atomic E-state index is -5.02. The van der Waals surface area contributed by atoms with Gasteiger partial charge in [0.1, 0.15) is 11.6 Å². The predicted molar refractivity (Wildman–Crippen MR) is 199 cm³/mol. The average Bonchev–Trinajstić information content (AvgIpc) is 3.57. The number of hydrogen-bond acceptors (Lipinski definition) is 9. The Morgan fingerprint density at radius 3 is 2.11 bits per heavy atom. The molecule has 0 aliphatic carbocycles. The summed E-state index contributed by atoms with van der Waals surface area (Å²) in [6.45, 7) is 15.0. The lowest BCUT2D eigenvalue weighted by atomic mass is 9.89. The van der Waals surface area contributed by atoms with Crippen LogP contribution in [0.5, 0.6) is 0 Å². The van der Waals surface area contributed by atoms with Crippen LogP contribution in [0.3, 0.4) is 0 Å². The van der Waals surface area contributed by atoms with E-state index in [1.54, 1.807) is 49.9 Å². The van der Waals surface area contributed by atoms with Crippen LogP contribution in [-0.4, -0.2) is 109 Å². The number of likely N-dealkylation sites (tertiary alicyclic amines) is 1. The fourth-order valence-corrected chi connectivity index (χ4v) is 7.16. The van der Waals surface area contributed by atoms with Gasteiger partial charge in [-0.05, 0) is 81.7 Å². The first kappa shape index (κ1) is 46.6. The molecule has 0 saturated carbocycles. The van der Waals surface area contributed by atoms with Crippen molar-refractivity contribution in [2.45, 2.75) is 128 Å². The zero-order valence-electron chi connectivity index (χ0n) is 33.2. The fourth-order valence-electron chi connectivity index (χ4n) is 6.48. The lowest BCUT2D eigenvalue weighted by molar-refractivity contribution is -0.167. The number of amides is 5. The van der Waals surface area contributed by atoms with Crippen molar-refractivity contribution < 1.29 is 51.4 Å². The van der Waals surface area contributed by atoms with E-state index in [1.165, 1.54) is 38.5 Å². The van der Waals surface area contributed by atoms with Crippen molar-refractivity contribution in [1.82, 2.24) is 19.8 Å². The number of nitrogens with zero attached hydrogens (tertiary/aromatic N) is 2. The summed E-state index contributed by atoms with van der Waals surface area (Å²) in [6, 6.07) is 3.66. The van der Waals surface area contributed by atoms with Crippen LogP contribution in [0.25, 0.3) is 0 Å². The summed E-state index contributed by atoms with van der Waals surface area (Å²) in [4.78, 5) is 68.9. The van der Waals surface area contributed by atoms with E-state index in [1.807, 2.05) is 27.7 Å². The molecule has 1 saturated heterocycles. The van der Waals surface area contributed by atoms with Crippen molar-refractivity contribution in [2.75, 3.05) is 33.1 Å². The number of ether oxygens (including phenoxy) is 3. The number of likely N-dealkylation sites (N-methyl/N-ethyl adjacent to an activating group) is 1. The highest BCUT2D eigenvalue weighted by atomic mass is 32.2. The maximum atomic E-state index is 14.0. The molecular weight excluding hydrogens is 731 g/mol. The molecule has 1 aromatic carbocycles. The number of halogens is 3. The largest absolute Gasteiger partial charge is 0.471 e. The number of carbonyl (C=O) groups is 5. The average molecular weight is 790 g/mol. The lowest BCUT2D eigenvalue weighted by Crippen LogP contribution is -2.58. The number of rotatable bonds is 17. The fraction of sp³-hybridized carbons (Fsp3) is 0.703. The molecule has 1 fully saturated rings. The standard InChI is InChI=1S/C37H58F3N5O8S/c1-12-22(4)30(44(9)33(48)29(21(2)3)42-35(50)53-36(6,7)8)27(51-10)20-28(46)45-19-13-14-26(45)31(52-11)23(5)32(47)43-54-25-17-15-24(16-18-25)41-34(49)37(38,39)40/h15-18,21-23,26-27,29-31H,12-14,19-20H2,1-11H3,(H,41,49)(H,42,50)(H,43,47)/t22-,23+,26-,27+,29-,30-,31+/m0/s1. The van der Waals surface area contributed by atoms with Gasteiger partial charge in [-0.1, -0.05) is 41.0 Å². The molecular formula is C37H58F3N5O8S. The van der Waals surface area contributed by atoms with E-state index in [4.69, 9.17) is 14.2 Å². The Balaban J connectivity index is 2.17. The van der Waals surface area contributed by atoms with Gasteiger partial charge in [-0.3, -0.25) is 23.9 Å². The minimum absolute atomic E-state index is 0.0439. The third-order valence-electron chi connectivity index (χ3n) is 9.50. The molecule has 0 aromatic heterocycles. The van der Waals surface area contributed by atoms with E-state index in [-0.39, 0.29) is 41.7 Å². The van der Waals surface area contributed by atoms with E-state index in [9.17, 15) is 37.1 Å². The Bertz CT molecular complexity index is 1430. The SMILES string of the molecule is CC[C@H](C)[C@@H]([C@@H](CC(=O)N1CCC[C@H]1[C@H](OC)[C@@H](C)C(=O)NSc1ccc(NC(=O)C(F)(F)F)cc1)OC)N(C)C(=O)[C@@H](NC(=O)OC(C)(C)C)C(C)C. The van der Waals surface area contributed by atoms with Crippen LogP contribution in [0.2, 0.25) is 0 Å². The highest BCUT2D eigenvalue weighted by Gasteiger charge is 2.43. The topological polar surface area (TPSA) is 156 Å². The molecule has 1 heterocycles. The Morgan fingerprint density at radius 1 is 1.00 bits per heavy atom. The molecule has 0 unspecified atom stereocenters. The molecule has 0 radical (unpaired) electrons. The zero-order chi connectivity index (χ0) is 41.1. The first-order valence-corrected chi connectivity index (χ1v) is 18.9. The van der Waals surface area contributed by atoms with E-state index in [2.05, 4.69) is 10.0 Å². The number of benzene rings is 1. The number of methoxy groups -OCH3 is 2. The zero-order valence-corrected chi connectivity index (χ0v) is 34.0. The third kappa shape index (κ3) is 13.3. The Hall–Kier alpha value is -3.57. The smallest absolute Gasteiger partial charge is 0.444 e. The van der Waals surface area contributed by atoms with E-state index in [0.29, 0.717) is 30.7 Å². The van der Waals surface area contributed by atoms with Crippen molar-refractivity contribution >= 4 is 47.4 Å². The number of hydrogen-bond donors (Lipinski definition) is 3. The number of alkyl carbamates (subject to hydrolysis) is 1.